The van der Waals surface area contributed by atoms with Gasteiger partial charge in [0.1, 0.15) is 36.6 Å². The molecule has 6 N–H and O–H groups in total. The molecule has 0 radical (unpaired) electrons. The molecule has 25 heavy (non-hydrogen) atoms. The van der Waals surface area contributed by atoms with Crippen molar-refractivity contribution in [2.24, 2.45) is 5.92 Å². The molecule has 0 aromatic carbocycles. The molecule has 2 rings (SSSR count). The van der Waals surface area contributed by atoms with E-state index >= 15 is 0 Å². The van der Waals surface area contributed by atoms with Gasteiger partial charge < -0.3 is 49.6 Å². The number of methoxy groups -OCH3 is 2. The van der Waals surface area contributed by atoms with Crippen LogP contribution in [0.5, 0.6) is 0 Å². The second kappa shape index (κ2) is 9.00. The second-order valence-corrected chi connectivity index (χ2v) is 6.44. The lowest BCUT2D eigenvalue weighted by atomic mass is 9.81. The standard InChI is InChI=1S/C15H28O10/c1-22-7-3-6(4-16)13(10(19)9(7)18)25-15-12(21)11(20)14(23-2)8(5-17)24-15/h6-21H,3-5H2,1-2H3. The van der Waals surface area contributed by atoms with Crippen molar-refractivity contribution in [1.82, 2.24) is 0 Å². The molecule has 148 valence electrons. The van der Waals surface area contributed by atoms with Gasteiger partial charge in [0.05, 0.1) is 18.8 Å². The van der Waals surface area contributed by atoms with E-state index in [1.165, 1.54) is 14.2 Å². The Bertz CT molecular complexity index is 406. The molecular weight excluding hydrogens is 340 g/mol. The largest absolute Gasteiger partial charge is 0.396 e. The van der Waals surface area contributed by atoms with Gasteiger partial charge in [-0.05, 0) is 6.42 Å². The molecular formula is C15H28O10. The first kappa shape index (κ1) is 20.9. The van der Waals surface area contributed by atoms with Gasteiger partial charge in [0.25, 0.3) is 0 Å². The number of hydrogen-bond acceptors (Lipinski definition) is 10. The Morgan fingerprint density at radius 2 is 1.48 bits per heavy atom. The summed E-state index contributed by atoms with van der Waals surface area (Å²) in [6.07, 6.45) is -10.3. The number of rotatable bonds is 6. The van der Waals surface area contributed by atoms with E-state index in [9.17, 15) is 30.6 Å². The summed E-state index contributed by atoms with van der Waals surface area (Å²) in [5.41, 5.74) is 0. The third kappa shape index (κ3) is 4.14. The molecule has 1 aliphatic heterocycles. The van der Waals surface area contributed by atoms with Gasteiger partial charge in [0, 0.05) is 26.7 Å². The van der Waals surface area contributed by atoms with Gasteiger partial charge in [-0.15, -0.1) is 0 Å². The third-order valence-corrected chi connectivity index (χ3v) is 4.99. The fourth-order valence-electron chi connectivity index (χ4n) is 3.48. The number of aliphatic hydroxyl groups excluding tert-OH is 6. The number of hydrogen-bond donors (Lipinski definition) is 6. The number of aliphatic hydroxyl groups is 6. The zero-order chi connectivity index (χ0) is 18.7. The monoisotopic (exact) mass is 368 g/mol. The van der Waals surface area contributed by atoms with E-state index in [2.05, 4.69) is 0 Å². The van der Waals surface area contributed by atoms with Crippen LogP contribution in [0, 0.1) is 5.92 Å². The summed E-state index contributed by atoms with van der Waals surface area (Å²) in [6.45, 7) is -0.822. The summed E-state index contributed by atoms with van der Waals surface area (Å²) in [7, 11) is 2.69. The zero-order valence-electron chi connectivity index (χ0n) is 14.2. The molecule has 10 atom stereocenters. The molecule has 0 aromatic heterocycles. The summed E-state index contributed by atoms with van der Waals surface area (Å²) < 4.78 is 21.2. The topological polar surface area (TPSA) is 158 Å². The first-order valence-corrected chi connectivity index (χ1v) is 8.20. The molecule has 0 aromatic rings. The molecule has 1 aliphatic carbocycles. The lowest BCUT2D eigenvalue weighted by Crippen LogP contribution is -2.63. The van der Waals surface area contributed by atoms with Crippen LogP contribution in [-0.4, -0.2) is 113 Å². The highest BCUT2D eigenvalue weighted by Crippen LogP contribution is 2.33. The molecule has 10 heteroatoms. The molecule has 2 aliphatic rings. The van der Waals surface area contributed by atoms with Gasteiger partial charge in [-0.25, -0.2) is 0 Å². The molecule has 1 saturated heterocycles. The molecule has 1 saturated carbocycles. The lowest BCUT2D eigenvalue weighted by Gasteiger charge is -2.46. The average molecular weight is 368 g/mol. The quantitative estimate of drug-likeness (QED) is 0.279. The van der Waals surface area contributed by atoms with Crippen LogP contribution in [0.25, 0.3) is 0 Å². The van der Waals surface area contributed by atoms with Crippen molar-refractivity contribution in [2.45, 2.75) is 61.5 Å². The van der Waals surface area contributed by atoms with Crippen LogP contribution in [0.1, 0.15) is 6.42 Å². The van der Waals surface area contributed by atoms with Gasteiger partial charge in [-0.3, -0.25) is 0 Å². The van der Waals surface area contributed by atoms with Crippen LogP contribution >= 0.6 is 0 Å². The van der Waals surface area contributed by atoms with Gasteiger partial charge in [-0.1, -0.05) is 0 Å². The van der Waals surface area contributed by atoms with E-state index in [1.807, 2.05) is 0 Å². The molecule has 0 spiro atoms. The predicted octanol–water partition coefficient (Wildman–Crippen LogP) is -3.43. The summed E-state index contributed by atoms with van der Waals surface area (Å²) in [5, 5.41) is 59.7. The van der Waals surface area contributed by atoms with Gasteiger partial charge >= 0.3 is 0 Å². The van der Waals surface area contributed by atoms with Gasteiger partial charge in [0.15, 0.2) is 6.29 Å². The van der Waals surface area contributed by atoms with Crippen molar-refractivity contribution in [3.63, 3.8) is 0 Å². The van der Waals surface area contributed by atoms with E-state index in [4.69, 9.17) is 18.9 Å². The van der Waals surface area contributed by atoms with Gasteiger partial charge in [0.2, 0.25) is 0 Å². The highest BCUT2D eigenvalue weighted by molar-refractivity contribution is 4.96. The highest BCUT2D eigenvalue weighted by atomic mass is 16.7. The van der Waals surface area contributed by atoms with Crippen molar-refractivity contribution in [3.05, 3.63) is 0 Å². The third-order valence-electron chi connectivity index (χ3n) is 4.99. The SMILES string of the molecule is COC1CC(CO)C(OC2OC(CO)C(OC)C(O)C2O)C(O)C1O. The summed E-state index contributed by atoms with van der Waals surface area (Å²) in [5.74, 6) is -0.580. The summed E-state index contributed by atoms with van der Waals surface area (Å²) in [6, 6.07) is 0. The summed E-state index contributed by atoms with van der Waals surface area (Å²) >= 11 is 0. The van der Waals surface area contributed by atoms with E-state index in [0.717, 1.165) is 0 Å². The van der Waals surface area contributed by atoms with E-state index < -0.39 is 67.6 Å². The molecule has 10 nitrogen and oxygen atoms in total. The minimum absolute atomic E-state index is 0.228. The van der Waals surface area contributed by atoms with Crippen molar-refractivity contribution in [1.29, 1.82) is 0 Å². The van der Waals surface area contributed by atoms with Gasteiger partial charge in [-0.2, -0.15) is 0 Å². The maximum absolute atomic E-state index is 10.3. The lowest BCUT2D eigenvalue weighted by molar-refractivity contribution is -0.332. The van der Waals surface area contributed by atoms with Crippen LogP contribution in [-0.2, 0) is 18.9 Å². The van der Waals surface area contributed by atoms with Crippen LogP contribution in [0.4, 0.5) is 0 Å². The zero-order valence-corrected chi connectivity index (χ0v) is 14.2. The minimum atomic E-state index is -1.50. The van der Waals surface area contributed by atoms with Crippen LogP contribution in [0.3, 0.4) is 0 Å². The van der Waals surface area contributed by atoms with E-state index in [-0.39, 0.29) is 13.0 Å². The fourth-order valence-corrected chi connectivity index (χ4v) is 3.48. The van der Waals surface area contributed by atoms with Crippen molar-refractivity contribution in [3.8, 4) is 0 Å². The Kier molecular flexibility index (Phi) is 7.52. The predicted molar refractivity (Wildman–Crippen MR) is 81.4 cm³/mol. The normalized spacial score (nSPS) is 48.5. The van der Waals surface area contributed by atoms with Crippen LogP contribution < -0.4 is 0 Å². The molecule has 1 heterocycles. The Morgan fingerprint density at radius 1 is 0.840 bits per heavy atom. The summed E-state index contributed by atoms with van der Waals surface area (Å²) in [4.78, 5) is 0. The Morgan fingerprint density at radius 3 is 2.00 bits per heavy atom. The van der Waals surface area contributed by atoms with Crippen molar-refractivity contribution >= 4 is 0 Å². The molecule has 0 bridgehead atoms. The van der Waals surface area contributed by atoms with E-state index in [0.29, 0.717) is 0 Å². The smallest absolute Gasteiger partial charge is 0.187 e. The Labute approximate surface area is 145 Å². The molecule has 10 unspecified atom stereocenters. The first-order valence-electron chi connectivity index (χ1n) is 8.20. The molecule has 0 amide bonds. The second-order valence-electron chi connectivity index (χ2n) is 6.44. The van der Waals surface area contributed by atoms with Crippen molar-refractivity contribution < 1.29 is 49.6 Å². The number of ether oxygens (including phenoxy) is 4. The maximum Gasteiger partial charge on any atom is 0.187 e. The Hall–Kier alpha value is -0.400. The fraction of sp³-hybridized carbons (Fsp3) is 1.00. The maximum atomic E-state index is 10.3. The average Bonchev–Trinajstić information content (AvgIpc) is 2.62. The Balaban J connectivity index is 2.13. The van der Waals surface area contributed by atoms with Crippen LogP contribution in [0.2, 0.25) is 0 Å². The van der Waals surface area contributed by atoms with E-state index in [1.54, 1.807) is 0 Å². The highest BCUT2D eigenvalue weighted by Gasteiger charge is 2.50. The molecule has 2 fully saturated rings. The first-order chi connectivity index (χ1) is 11.9. The van der Waals surface area contributed by atoms with Crippen LogP contribution in [0.15, 0.2) is 0 Å². The minimum Gasteiger partial charge on any atom is -0.396 e. The van der Waals surface area contributed by atoms with Crippen molar-refractivity contribution in [2.75, 3.05) is 27.4 Å².